The number of Topliss-reactive ketones (excluding diaryl/α,β-unsaturated/α-hetero) is 1. The molecular weight excluding hydrogens is 250 g/mol. The fraction of sp³-hybridized carbons (Fsp3) is 0.231. The van der Waals surface area contributed by atoms with Crippen molar-refractivity contribution in [3.05, 3.63) is 52.8 Å². The average Bonchev–Trinajstić information content (AvgIpc) is 2.69. The number of hydrogen-bond acceptors (Lipinski definition) is 3. The summed E-state index contributed by atoms with van der Waals surface area (Å²) in [6.45, 7) is 0. The van der Waals surface area contributed by atoms with Crippen LogP contribution in [-0.4, -0.2) is 21.6 Å². The Morgan fingerprint density at radius 1 is 1.44 bits per heavy atom. The third-order valence-corrected chi connectivity index (χ3v) is 3.04. The van der Waals surface area contributed by atoms with Gasteiger partial charge in [0.15, 0.2) is 5.78 Å². The molecule has 0 aliphatic carbocycles. The second kappa shape index (κ2) is 5.33. The molecule has 0 fully saturated rings. The summed E-state index contributed by atoms with van der Waals surface area (Å²) in [5.74, 6) is -0.191. The molecule has 0 saturated carbocycles. The van der Waals surface area contributed by atoms with Crippen LogP contribution in [0.15, 0.2) is 36.5 Å². The van der Waals surface area contributed by atoms with Crippen LogP contribution < -0.4 is 5.73 Å². The van der Waals surface area contributed by atoms with E-state index in [4.69, 9.17) is 17.3 Å². The summed E-state index contributed by atoms with van der Waals surface area (Å²) >= 11 is 5.93. The molecule has 2 rings (SSSR count). The zero-order chi connectivity index (χ0) is 13.1. The first-order valence-electron chi connectivity index (χ1n) is 5.61. The van der Waals surface area contributed by atoms with Crippen molar-refractivity contribution in [2.75, 3.05) is 0 Å². The van der Waals surface area contributed by atoms with Gasteiger partial charge in [0.2, 0.25) is 0 Å². The van der Waals surface area contributed by atoms with Crippen LogP contribution in [0.4, 0.5) is 0 Å². The van der Waals surface area contributed by atoms with Gasteiger partial charge in [0.05, 0.1) is 17.3 Å². The molecule has 2 N–H and O–H groups in total. The van der Waals surface area contributed by atoms with Gasteiger partial charge >= 0.3 is 0 Å². The number of halogens is 1. The van der Waals surface area contributed by atoms with E-state index >= 15 is 0 Å². The molecule has 0 radical (unpaired) electrons. The predicted octanol–water partition coefficient (Wildman–Crippen LogP) is 1.83. The Hall–Kier alpha value is -1.65. The van der Waals surface area contributed by atoms with E-state index in [2.05, 4.69) is 5.10 Å². The normalized spacial score (nSPS) is 12.4. The molecular formula is C13H14ClN3O. The summed E-state index contributed by atoms with van der Waals surface area (Å²) in [6.07, 6.45) is 1.94. The molecule has 1 heterocycles. The molecule has 18 heavy (non-hydrogen) atoms. The molecule has 4 nitrogen and oxygen atoms in total. The highest BCUT2D eigenvalue weighted by atomic mass is 35.5. The number of nitrogens with two attached hydrogens (primary N) is 1. The fourth-order valence-electron chi connectivity index (χ4n) is 1.82. The van der Waals surface area contributed by atoms with E-state index in [-0.39, 0.29) is 5.78 Å². The Morgan fingerprint density at radius 2 is 2.11 bits per heavy atom. The zero-order valence-electron chi connectivity index (χ0n) is 10.0. The number of aryl methyl sites for hydroxylation is 1. The van der Waals surface area contributed by atoms with Crippen molar-refractivity contribution < 1.29 is 4.79 Å². The Kier molecular flexibility index (Phi) is 3.79. The molecule has 0 saturated heterocycles. The molecule has 1 aromatic heterocycles. The highest BCUT2D eigenvalue weighted by Gasteiger charge is 2.22. The topological polar surface area (TPSA) is 60.9 Å². The number of carbonyl (C=O) groups is 1. The summed E-state index contributed by atoms with van der Waals surface area (Å²) in [5.41, 5.74) is 7.31. The number of benzene rings is 1. The Bertz CT molecular complexity index is 531. The monoisotopic (exact) mass is 263 g/mol. The standard InChI is InChI=1S/C13H14ClN3O/c1-17-12(10(14)8-16-17)13(18)11(15)7-9-5-3-2-4-6-9/h2-6,8,11H,7,15H2,1H3. The van der Waals surface area contributed by atoms with E-state index in [0.29, 0.717) is 17.1 Å². The number of rotatable bonds is 4. The van der Waals surface area contributed by atoms with Gasteiger partial charge in [0, 0.05) is 7.05 Å². The van der Waals surface area contributed by atoms with Crippen molar-refractivity contribution in [3.8, 4) is 0 Å². The van der Waals surface area contributed by atoms with Crippen molar-refractivity contribution in [2.24, 2.45) is 12.8 Å². The Labute approximate surface area is 110 Å². The summed E-state index contributed by atoms with van der Waals surface area (Å²) in [7, 11) is 1.67. The van der Waals surface area contributed by atoms with Gasteiger partial charge in [-0.25, -0.2) is 0 Å². The zero-order valence-corrected chi connectivity index (χ0v) is 10.8. The summed E-state index contributed by atoms with van der Waals surface area (Å²) < 4.78 is 1.45. The van der Waals surface area contributed by atoms with Gasteiger partial charge in [-0.3, -0.25) is 9.48 Å². The van der Waals surface area contributed by atoms with Gasteiger partial charge in [-0.15, -0.1) is 0 Å². The van der Waals surface area contributed by atoms with Gasteiger partial charge in [0.1, 0.15) is 5.69 Å². The lowest BCUT2D eigenvalue weighted by atomic mass is 10.0. The van der Waals surface area contributed by atoms with Crippen LogP contribution in [0.25, 0.3) is 0 Å². The highest BCUT2D eigenvalue weighted by molar-refractivity contribution is 6.33. The first-order chi connectivity index (χ1) is 8.59. The van der Waals surface area contributed by atoms with Gasteiger partial charge in [-0.05, 0) is 12.0 Å². The van der Waals surface area contributed by atoms with E-state index in [1.165, 1.54) is 10.9 Å². The first-order valence-corrected chi connectivity index (χ1v) is 5.98. The van der Waals surface area contributed by atoms with Crippen molar-refractivity contribution in [1.82, 2.24) is 9.78 Å². The minimum absolute atomic E-state index is 0.191. The number of carbonyl (C=O) groups excluding carboxylic acids is 1. The van der Waals surface area contributed by atoms with Crippen LogP contribution in [0, 0.1) is 0 Å². The lowest BCUT2D eigenvalue weighted by molar-refractivity contribution is 0.0952. The quantitative estimate of drug-likeness (QED) is 0.856. The van der Waals surface area contributed by atoms with E-state index in [1.807, 2.05) is 30.3 Å². The molecule has 1 aromatic carbocycles. The molecule has 0 aliphatic rings. The Balaban J connectivity index is 2.15. The van der Waals surface area contributed by atoms with Crippen LogP contribution in [-0.2, 0) is 13.5 Å². The molecule has 1 unspecified atom stereocenters. The lowest BCUT2D eigenvalue weighted by Gasteiger charge is -2.11. The minimum atomic E-state index is -0.611. The van der Waals surface area contributed by atoms with Crippen molar-refractivity contribution in [1.29, 1.82) is 0 Å². The maximum atomic E-state index is 12.2. The highest BCUT2D eigenvalue weighted by Crippen LogP contribution is 2.16. The van der Waals surface area contributed by atoms with Crippen molar-refractivity contribution in [2.45, 2.75) is 12.5 Å². The third kappa shape index (κ3) is 2.60. The summed E-state index contributed by atoms with van der Waals surface area (Å²) in [4.78, 5) is 12.2. The van der Waals surface area contributed by atoms with Crippen LogP contribution in [0.2, 0.25) is 5.02 Å². The molecule has 1 atom stereocenters. The van der Waals surface area contributed by atoms with Crippen molar-refractivity contribution in [3.63, 3.8) is 0 Å². The molecule has 5 heteroatoms. The summed E-state index contributed by atoms with van der Waals surface area (Å²) in [6, 6.07) is 9.04. The van der Waals surface area contributed by atoms with E-state index in [0.717, 1.165) is 5.56 Å². The van der Waals surface area contributed by atoms with Gasteiger partial charge in [0.25, 0.3) is 0 Å². The molecule has 94 valence electrons. The second-order valence-corrected chi connectivity index (χ2v) is 4.53. The van der Waals surface area contributed by atoms with Crippen LogP contribution in [0.3, 0.4) is 0 Å². The van der Waals surface area contributed by atoms with E-state index < -0.39 is 6.04 Å². The molecule has 0 aliphatic heterocycles. The largest absolute Gasteiger partial charge is 0.321 e. The lowest BCUT2D eigenvalue weighted by Crippen LogP contribution is -2.34. The van der Waals surface area contributed by atoms with Crippen LogP contribution in [0.1, 0.15) is 16.1 Å². The third-order valence-electron chi connectivity index (χ3n) is 2.76. The number of ketones is 1. The smallest absolute Gasteiger partial charge is 0.199 e. The van der Waals surface area contributed by atoms with Gasteiger partial charge < -0.3 is 5.73 Å². The molecule has 0 bridgehead atoms. The Morgan fingerprint density at radius 3 is 2.67 bits per heavy atom. The van der Waals surface area contributed by atoms with Gasteiger partial charge in [-0.2, -0.15) is 5.10 Å². The van der Waals surface area contributed by atoms with Crippen molar-refractivity contribution >= 4 is 17.4 Å². The molecule has 2 aromatic rings. The number of nitrogens with zero attached hydrogens (tertiary/aromatic N) is 2. The SMILES string of the molecule is Cn1ncc(Cl)c1C(=O)C(N)Cc1ccccc1. The van der Waals surface area contributed by atoms with E-state index in [1.54, 1.807) is 7.05 Å². The molecule has 0 spiro atoms. The maximum Gasteiger partial charge on any atom is 0.199 e. The predicted molar refractivity (Wildman–Crippen MR) is 70.7 cm³/mol. The number of hydrogen-bond donors (Lipinski definition) is 1. The van der Waals surface area contributed by atoms with Crippen LogP contribution >= 0.6 is 11.6 Å². The average molecular weight is 264 g/mol. The second-order valence-electron chi connectivity index (χ2n) is 4.13. The first kappa shape index (κ1) is 12.8. The molecule has 0 amide bonds. The number of aromatic nitrogens is 2. The fourth-order valence-corrected chi connectivity index (χ4v) is 2.08. The van der Waals surface area contributed by atoms with Gasteiger partial charge in [-0.1, -0.05) is 41.9 Å². The maximum absolute atomic E-state index is 12.2. The van der Waals surface area contributed by atoms with E-state index in [9.17, 15) is 4.79 Å². The van der Waals surface area contributed by atoms with Crippen LogP contribution in [0.5, 0.6) is 0 Å². The minimum Gasteiger partial charge on any atom is -0.321 e. The summed E-state index contributed by atoms with van der Waals surface area (Å²) in [5, 5.41) is 4.27.